The minimum Gasteiger partial charge on any atom is -0.399 e. The summed E-state index contributed by atoms with van der Waals surface area (Å²) >= 11 is 1.58. The highest BCUT2D eigenvalue weighted by Gasteiger charge is 2.14. The van der Waals surface area contributed by atoms with Crippen molar-refractivity contribution in [3.05, 3.63) is 23.8 Å². The first-order valence-electron chi connectivity index (χ1n) is 7.43. The maximum atomic E-state index is 12.0. The fourth-order valence-electron chi connectivity index (χ4n) is 2.58. The Morgan fingerprint density at radius 2 is 2.00 bits per heavy atom. The zero-order valence-electron chi connectivity index (χ0n) is 12.2. The zero-order chi connectivity index (χ0) is 14.4. The molecular weight excluding hydrogens is 268 g/mol. The molecule has 0 unspecified atom stereocenters. The second-order valence-corrected chi connectivity index (χ2v) is 6.61. The largest absolute Gasteiger partial charge is 0.399 e. The number of anilines is 1. The van der Waals surface area contributed by atoms with E-state index < -0.39 is 0 Å². The van der Waals surface area contributed by atoms with Gasteiger partial charge in [0.25, 0.3) is 0 Å². The van der Waals surface area contributed by atoms with Crippen LogP contribution in [-0.2, 0) is 4.79 Å². The Balaban J connectivity index is 1.77. The summed E-state index contributed by atoms with van der Waals surface area (Å²) in [5.74, 6) is 0.635. The van der Waals surface area contributed by atoms with Crippen LogP contribution in [0.25, 0.3) is 0 Å². The van der Waals surface area contributed by atoms with Crippen LogP contribution in [0.4, 0.5) is 5.69 Å². The molecule has 3 nitrogen and oxygen atoms in total. The lowest BCUT2D eigenvalue weighted by Crippen LogP contribution is -2.35. The molecule has 1 aliphatic carbocycles. The molecule has 1 saturated carbocycles. The summed E-state index contributed by atoms with van der Waals surface area (Å²) in [5, 5.41) is 3.17. The van der Waals surface area contributed by atoms with Gasteiger partial charge in [-0.3, -0.25) is 4.79 Å². The molecule has 0 aliphatic heterocycles. The van der Waals surface area contributed by atoms with E-state index in [1.54, 1.807) is 11.8 Å². The van der Waals surface area contributed by atoms with Gasteiger partial charge in [-0.05, 0) is 43.5 Å². The Bertz CT molecular complexity index is 454. The third kappa shape index (κ3) is 4.75. The van der Waals surface area contributed by atoms with Gasteiger partial charge in [-0.1, -0.05) is 25.7 Å². The van der Waals surface area contributed by atoms with Crippen LogP contribution in [0.2, 0.25) is 0 Å². The van der Waals surface area contributed by atoms with Gasteiger partial charge in [0.05, 0.1) is 5.75 Å². The fourth-order valence-corrected chi connectivity index (χ4v) is 3.39. The number of hydrogen-bond acceptors (Lipinski definition) is 3. The van der Waals surface area contributed by atoms with Crippen LogP contribution in [-0.4, -0.2) is 17.7 Å². The second kappa shape index (κ2) is 7.58. The monoisotopic (exact) mass is 292 g/mol. The Kier molecular flexibility index (Phi) is 5.77. The lowest BCUT2D eigenvalue weighted by atomic mass is 10.1. The van der Waals surface area contributed by atoms with E-state index in [0.717, 1.165) is 29.0 Å². The van der Waals surface area contributed by atoms with E-state index in [2.05, 4.69) is 5.32 Å². The molecular formula is C16H24N2OS. The van der Waals surface area contributed by atoms with Crippen molar-refractivity contribution in [2.45, 2.75) is 56.4 Å². The highest BCUT2D eigenvalue weighted by atomic mass is 32.2. The zero-order valence-corrected chi connectivity index (χ0v) is 13.0. The highest BCUT2D eigenvalue weighted by Crippen LogP contribution is 2.22. The molecule has 0 radical (unpaired) electrons. The quantitative estimate of drug-likeness (QED) is 0.507. The summed E-state index contributed by atoms with van der Waals surface area (Å²) in [5.41, 5.74) is 7.67. The standard InChI is InChI=1S/C16H24N2OS/c1-12-10-14(8-9-15(12)17)20-11-16(19)18-13-6-4-2-3-5-7-13/h8-10,13H,2-7,11,17H2,1H3,(H,18,19). The number of hydrogen-bond donors (Lipinski definition) is 2. The smallest absolute Gasteiger partial charge is 0.230 e. The number of amides is 1. The summed E-state index contributed by atoms with van der Waals surface area (Å²) in [7, 11) is 0. The SMILES string of the molecule is Cc1cc(SCC(=O)NC2CCCCCC2)ccc1N. The van der Waals surface area contributed by atoms with Crippen LogP contribution >= 0.6 is 11.8 Å². The molecule has 1 aromatic carbocycles. The fraction of sp³-hybridized carbons (Fsp3) is 0.562. The average molecular weight is 292 g/mol. The molecule has 1 aromatic rings. The minimum atomic E-state index is 0.149. The van der Waals surface area contributed by atoms with Crippen LogP contribution in [0.3, 0.4) is 0 Å². The summed E-state index contributed by atoms with van der Waals surface area (Å²) in [6.45, 7) is 1.99. The number of carbonyl (C=O) groups is 1. The molecule has 1 aliphatic rings. The Morgan fingerprint density at radius 1 is 1.30 bits per heavy atom. The van der Waals surface area contributed by atoms with E-state index in [9.17, 15) is 4.79 Å². The van der Waals surface area contributed by atoms with Crippen molar-refractivity contribution in [3.63, 3.8) is 0 Å². The third-order valence-corrected chi connectivity index (χ3v) is 4.83. The minimum absolute atomic E-state index is 0.149. The van der Waals surface area contributed by atoms with Crippen LogP contribution in [0.5, 0.6) is 0 Å². The van der Waals surface area contributed by atoms with Crippen LogP contribution in [0.15, 0.2) is 23.1 Å². The van der Waals surface area contributed by atoms with Crippen molar-refractivity contribution in [2.24, 2.45) is 0 Å². The molecule has 110 valence electrons. The molecule has 1 amide bonds. The summed E-state index contributed by atoms with van der Waals surface area (Å²) < 4.78 is 0. The van der Waals surface area contributed by atoms with Gasteiger partial charge >= 0.3 is 0 Å². The highest BCUT2D eigenvalue weighted by molar-refractivity contribution is 8.00. The van der Waals surface area contributed by atoms with Crippen molar-refractivity contribution < 1.29 is 4.79 Å². The van der Waals surface area contributed by atoms with Crippen LogP contribution < -0.4 is 11.1 Å². The van der Waals surface area contributed by atoms with Gasteiger partial charge in [0.1, 0.15) is 0 Å². The Morgan fingerprint density at radius 3 is 2.65 bits per heavy atom. The first kappa shape index (κ1) is 15.2. The van der Waals surface area contributed by atoms with E-state index in [-0.39, 0.29) is 5.91 Å². The number of benzene rings is 1. The van der Waals surface area contributed by atoms with Gasteiger partial charge in [0.15, 0.2) is 0 Å². The Hall–Kier alpha value is -1.16. The maximum absolute atomic E-state index is 12.0. The molecule has 0 heterocycles. The second-order valence-electron chi connectivity index (χ2n) is 5.56. The lowest BCUT2D eigenvalue weighted by Gasteiger charge is -2.16. The van der Waals surface area contributed by atoms with Crippen molar-refractivity contribution in [1.29, 1.82) is 0 Å². The number of aryl methyl sites for hydroxylation is 1. The molecule has 1 fully saturated rings. The van der Waals surface area contributed by atoms with E-state index in [4.69, 9.17) is 5.73 Å². The van der Waals surface area contributed by atoms with Crippen molar-refractivity contribution in [2.75, 3.05) is 11.5 Å². The van der Waals surface area contributed by atoms with Crippen molar-refractivity contribution in [1.82, 2.24) is 5.32 Å². The van der Waals surface area contributed by atoms with Crippen molar-refractivity contribution >= 4 is 23.4 Å². The van der Waals surface area contributed by atoms with Crippen LogP contribution in [0.1, 0.15) is 44.1 Å². The number of nitrogens with one attached hydrogen (secondary N) is 1. The molecule has 4 heteroatoms. The third-order valence-electron chi connectivity index (χ3n) is 3.83. The van der Waals surface area contributed by atoms with E-state index in [1.165, 1.54) is 25.7 Å². The first-order valence-corrected chi connectivity index (χ1v) is 8.42. The molecule has 20 heavy (non-hydrogen) atoms. The normalized spacial score (nSPS) is 16.6. The van der Waals surface area contributed by atoms with E-state index >= 15 is 0 Å². The Labute approximate surface area is 125 Å². The van der Waals surface area contributed by atoms with Crippen molar-refractivity contribution in [3.8, 4) is 0 Å². The number of thioether (sulfide) groups is 1. The van der Waals surface area contributed by atoms with Gasteiger partial charge in [-0.2, -0.15) is 0 Å². The molecule has 3 N–H and O–H groups in total. The summed E-state index contributed by atoms with van der Waals surface area (Å²) in [6.07, 6.45) is 7.39. The van der Waals surface area contributed by atoms with Gasteiger partial charge in [0.2, 0.25) is 5.91 Å². The number of rotatable bonds is 4. The van der Waals surface area contributed by atoms with Gasteiger partial charge in [-0.25, -0.2) is 0 Å². The van der Waals surface area contributed by atoms with E-state index in [1.807, 2.05) is 25.1 Å². The number of carbonyl (C=O) groups excluding carboxylic acids is 1. The predicted molar refractivity (Wildman–Crippen MR) is 85.9 cm³/mol. The van der Waals surface area contributed by atoms with Gasteiger partial charge < -0.3 is 11.1 Å². The molecule has 0 bridgehead atoms. The maximum Gasteiger partial charge on any atom is 0.230 e. The van der Waals surface area contributed by atoms with Crippen LogP contribution in [0, 0.1) is 6.92 Å². The van der Waals surface area contributed by atoms with E-state index in [0.29, 0.717) is 11.8 Å². The topological polar surface area (TPSA) is 55.1 Å². The van der Waals surface area contributed by atoms with Gasteiger partial charge in [0, 0.05) is 16.6 Å². The lowest BCUT2D eigenvalue weighted by molar-refractivity contribution is -0.119. The molecule has 0 aromatic heterocycles. The summed E-state index contributed by atoms with van der Waals surface area (Å²) in [6, 6.07) is 6.31. The predicted octanol–water partition coefficient (Wildman–Crippen LogP) is 3.51. The molecule has 0 atom stereocenters. The summed E-state index contributed by atoms with van der Waals surface area (Å²) in [4.78, 5) is 13.1. The number of nitrogen functional groups attached to an aromatic ring is 1. The molecule has 0 spiro atoms. The molecule has 2 rings (SSSR count). The number of nitrogens with two attached hydrogens (primary N) is 1. The molecule has 0 saturated heterocycles. The average Bonchev–Trinajstić information content (AvgIpc) is 2.69. The van der Waals surface area contributed by atoms with Gasteiger partial charge in [-0.15, -0.1) is 11.8 Å². The first-order chi connectivity index (χ1) is 9.65.